The van der Waals surface area contributed by atoms with Gasteiger partial charge in [0.15, 0.2) is 11.6 Å². The van der Waals surface area contributed by atoms with E-state index < -0.39 is 37.2 Å². The van der Waals surface area contributed by atoms with E-state index in [1.54, 1.807) is 25.2 Å². The van der Waals surface area contributed by atoms with Crippen molar-refractivity contribution in [3.63, 3.8) is 0 Å². The van der Waals surface area contributed by atoms with Crippen LogP contribution in [0.25, 0.3) is 0 Å². The highest BCUT2D eigenvalue weighted by molar-refractivity contribution is 6.11. The van der Waals surface area contributed by atoms with E-state index in [0.29, 0.717) is 22.5 Å². The van der Waals surface area contributed by atoms with Gasteiger partial charge in [0.25, 0.3) is 6.43 Å². The van der Waals surface area contributed by atoms with E-state index >= 15 is 0 Å². The van der Waals surface area contributed by atoms with Crippen LogP contribution in [-0.2, 0) is 6.54 Å². The zero-order chi connectivity index (χ0) is 26.7. The molecule has 0 spiro atoms. The number of rotatable bonds is 8. The Hall–Kier alpha value is -4.35. The molecule has 2 N–H and O–H groups in total. The van der Waals surface area contributed by atoms with Crippen LogP contribution in [0.3, 0.4) is 0 Å². The van der Waals surface area contributed by atoms with Crippen LogP contribution in [0.2, 0.25) is 0 Å². The van der Waals surface area contributed by atoms with E-state index in [0.717, 1.165) is 12.1 Å². The fourth-order valence-electron chi connectivity index (χ4n) is 3.85. The normalized spacial score (nSPS) is 13.6. The second-order valence-corrected chi connectivity index (χ2v) is 7.89. The number of aliphatic imine (C=N–C) groups is 1. The minimum Gasteiger partial charge on any atom is -0.484 e. The summed E-state index contributed by atoms with van der Waals surface area (Å²) in [5.74, 6) is -1.48. The zero-order valence-electron chi connectivity index (χ0n) is 19.4. The van der Waals surface area contributed by atoms with Gasteiger partial charge in [0.05, 0.1) is 17.9 Å². The van der Waals surface area contributed by atoms with Crippen molar-refractivity contribution in [2.75, 3.05) is 29.2 Å². The first-order valence-electron chi connectivity index (χ1n) is 10.9. The third-order valence-electron chi connectivity index (χ3n) is 5.46. The zero-order valence-corrected chi connectivity index (χ0v) is 19.4. The monoisotopic (exact) mass is 520 g/mol. The van der Waals surface area contributed by atoms with Crippen molar-refractivity contribution >= 4 is 35.0 Å². The molecule has 4 rings (SSSR count). The van der Waals surface area contributed by atoms with Crippen LogP contribution in [0.4, 0.5) is 49.5 Å². The number of amides is 2. The van der Waals surface area contributed by atoms with Crippen LogP contribution in [0, 0.1) is 5.82 Å². The molecule has 0 radical (unpaired) electrons. The van der Waals surface area contributed by atoms with Crippen molar-refractivity contribution in [1.29, 1.82) is 0 Å². The number of ether oxygens (including phenoxy) is 2. The number of halogens is 5. The quantitative estimate of drug-likeness (QED) is 0.225. The molecule has 0 atom stereocenters. The number of nitrogen functional groups attached to an aromatic ring is 1. The maximum Gasteiger partial charge on any atom is 0.387 e. The van der Waals surface area contributed by atoms with E-state index in [1.807, 2.05) is 0 Å². The van der Waals surface area contributed by atoms with Crippen LogP contribution < -0.4 is 25.0 Å². The molecular formula is C25H21F5N4O3. The molecular weight excluding hydrogens is 499 g/mol. The SMILES string of the molecule is CN=Cc1cc(N2Cc3cc(F)c(OCC(F)F)cc3N(c3ccc(OC(F)F)cc3)C2=O)ccc1N. The molecule has 0 saturated heterocycles. The highest BCUT2D eigenvalue weighted by atomic mass is 19.3. The van der Waals surface area contributed by atoms with Gasteiger partial charge in [0.1, 0.15) is 12.4 Å². The number of hydrogen-bond acceptors (Lipinski definition) is 5. The van der Waals surface area contributed by atoms with Gasteiger partial charge in [-0.1, -0.05) is 0 Å². The molecule has 0 saturated carbocycles. The number of alkyl halides is 4. The standard InChI is InChI=1S/C25H21F5N4O3/c1-32-11-14-8-17(4-7-20(14)31)33-12-15-9-19(26)22(36-13-23(27)28)10-21(15)34(25(33)35)16-2-5-18(6-3-16)37-24(29)30/h2-11,23-24H,12-13,31H2,1H3. The van der Waals surface area contributed by atoms with E-state index in [2.05, 4.69) is 9.73 Å². The Kier molecular flexibility index (Phi) is 7.46. The summed E-state index contributed by atoms with van der Waals surface area (Å²) in [6.45, 7) is -4.14. The number of benzene rings is 3. The first-order chi connectivity index (χ1) is 17.7. The highest BCUT2D eigenvalue weighted by Gasteiger charge is 2.34. The Morgan fingerprint density at radius 1 is 1.05 bits per heavy atom. The Morgan fingerprint density at radius 2 is 1.76 bits per heavy atom. The lowest BCUT2D eigenvalue weighted by atomic mass is 10.0. The number of anilines is 4. The van der Waals surface area contributed by atoms with Crippen LogP contribution in [-0.4, -0.2) is 38.9 Å². The lowest BCUT2D eigenvalue weighted by Crippen LogP contribution is -2.45. The maximum atomic E-state index is 14.8. The number of hydrogen-bond donors (Lipinski definition) is 1. The van der Waals surface area contributed by atoms with E-state index in [-0.39, 0.29) is 23.7 Å². The van der Waals surface area contributed by atoms with E-state index in [4.69, 9.17) is 10.5 Å². The Bertz CT molecular complexity index is 1320. The van der Waals surface area contributed by atoms with Gasteiger partial charge in [-0.15, -0.1) is 0 Å². The lowest BCUT2D eigenvalue weighted by Gasteiger charge is -2.37. The predicted molar refractivity (Wildman–Crippen MR) is 129 cm³/mol. The fraction of sp³-hybridized carbons (Fsp3) is 0.200. The van der Waals surface area contributed by atoms with E-state index in [1.165, 1.54) is 40.3 Å². The maximum absolute atomic E-state index is 14.8. The lowest BCUT2D eigenvalue weighted by molar-refractivity contribution is -0.0498. The van der Waals surface area contributed by atoms with Crippen molar-refractivity contribution < 1.29 is 36.2 Å². The summed E-state index contributed by atoms with van der Waals surface area (Å²) in [5, 5.41) is 0. The van der Waals surface area contributed by atoms with Crippen LogP contribution >= 0.6 is 0 Å². The molecule has 1 aliphatic heterocycles. The highest BCUT2D eigenvalue weighted by Crippen LogP contribution is 2.41. The molecule has 0 unspecified atom stereocenters. The Balaban J connectivity index is 1.81. The number of carbonyl (C=O) groups excluding carboxylic acids is 1. The van der Waals surface area contributed by atoms with Crippen molar-refractivity contribution in [3.05, 3.63) is 71.5 Å². The number of nitrogens with two attached hydrogens (primary N) is 1. The molecule has 0 aliphatic carbocycles. The molecule has 12 heteroatoms. The van der Waals surface area contributed by atoms with Gasteiger partial charge in [-0.05, 0) is 54.1 Å². The first kappa shape index (κ1) is 25.7. The van der Waals surface area contributed by atoms with Crippen molar-refractivity contribution in [1.82, 2.24) is 0 Å². The largest absolute Gasteiger partial charge is 0.484 e. The number of urea groups is 1. The third kappa shape index (κ3) is 5.57. The minimum atomic E-state index is -3.04. The summed E-state index contributed by atoms with van der Waals surface area (Å²) < 4.78 is 74.6. The summed E-state index contributed by atoms with van der Waals surface area (Å²) in [5.41, 5.74) is 8.15. The molecule has 7 nitrogen and oxygen atoms in total. The van der Waals surface area contributed by atoms with Gasteiger partial charge in [-0.25, -0.2) is 18.0 Å². The summed E-state index contributed by atoms with van der Waals surface area (Å²) in [6, 6.07) is 11.7. The molecule has 1 heterocycles. The van der Waals surface area contributed by atoms with Gasteiger partial charge in [0.2, 0.25) is 0 Å². The van der Waals surface area contributed by atoms with Gasteiger partial charge in [0, 0.05) is 36.3 Å². The van der Waals surface area contributed by atoms with Crippen LogP contribution in [0.15, 0.2) is 59.6 Å². The van der Waals surface area contributed by atoms with Crippen LogP contribution in [0.1, 0.15) is 11.1 Å². The Morgan fingerprint density at radius 3 is 2.41 bits per heavy atom. The average molecular weight is 520 g/mol. The topological polar surface area (TPSA) is 80.4 Å². The second kappa shape index (κ2) is 10.7. The molecule has 3 aromatic rings. The number of nitrogens with zero attached hydrogens (tertiary/aromatic N) is 3. The van der Waals surface area contributed by atoms with E-state index in [9.17, 15) is 26.7 Å². The fourth-order valence-corrected chi connectivity index (χ4v) is 3.85. The minimum absolute atomic E-state index is 0.0596. The summed E-state index contributed by atoms with van der Waals surface area (Å²) >= 11 is 0. The summed E-state index contributed by atoms with van der Waals surface area (Å²) in [6.07, 6.45) is -1.31. The average Bonchev–Trinajstić information content (AvgIpc) is 2.84. The molecule has 3 aromatic carbocycles. The van der Waals surface area contributed by atoms with Crippen molar-refractivity contribution in [2.24, 2.45) is 4.99 Å². The van der Waals surface area contributed by atoms with Crippen molar-refractivity contribution in [3.8, 4) is 11.5 Å². The van der Waals surface area contributed by atoms with Gasteiger partial charge >= 0.3 is 12.6 Å². The molecule has 0 bridgehead atoms. The molecule has 0 aromatic heterocycles. The molecule has 194 valence electrons. The van der Waals surface area contributed by atoms with Gasteiger partial charge in [-0.3, -0.25) is 14.8 Å². The van der Waals surface area contributed by atoms with Crippen LogP contribution in [0.5, 0.6) is 11.5 Å². The smallest absolute Gasteiger partial charge is 0.387 e. The molecule has 0 fully saturated rings. The Labute approximate surface area is 208 Å². The van der Waals surface area contributed by atoms with Crippen molar-refractivity contribution in [2.45, 2.75) is 19.6 Å². The molecule has 2 amide bonds. The number of carbonyl (C=O) groups is 1. The summed E-state index contributed by atoms with van der Waals surface area (Å²) in [7, 11) is 1.56. The summed E-state index contributed by atoms with van der Waals surface area (Å²) in [4.78, 5) is 20.3. The third-order valence-corrected chi connectivity index (χ3v) is 5.46. The van der Waals surface area contributed by atoms with Gasteiger partial charge < -0.3 is 15.2 Å². The number of fused-ring (bicyclic) bond motifs is 1. The molecule has 37 heavy (non-hydrogen) atoms. The predicted octanol–water partition coefficient (Wildman–Crippen LogP) is 5.98. The first-order valence-corrected chi connectivity index (χ1v) is 10.9. The second-order valence-electron chi connectivity index (χ2n) is 7.89. The molecule has 1 aliphatic rings. The van der Waals surface area contributed by atoms with Gasteiger partial charge in [-0.2, -0.15) is 8.78 Å².